The molecule has 1 unspecified atom stereocenters. The standard InChI is InChI=1S/C19H20N6O4/c1-24-16-15(17(27)22-19(24)28)25(18(21-16)23-20)9-13(26)10-29-14-7-6-11-4-2-3-5-12(11)8-14/h2-8,13,26H,9-10,20H2,1H3,(H,21,23)(H,22,27,28). The Labute approximate surface area is 164 Å². The van der Waals surface area contributed by atoms with E-state index in [4.69, 9.17) is 10.6 Å². The molecule has 0 amide bonds. The van der Waals surface area contributed by atoms with Gasteiger partial charge >= 0.3 is 5.69 Å². The summed E-state index contributed by atoms with van der Waals surface area (Å²) in [6.07, 6.45) is -0.956. The van der Waals surface area contributed by atoms with E-state index in [9.17, 15) is 14.7 Å². The highest BCUT2D eigenvalue weighted by Gasteiger charge is 2.19. The number of aliphatic hydroxyl groups is 1. The summed E-state index contributed by atoms with van der Waals surface area (Å²) in [6.45, 7) is -0.0173. The van der Waals surface area contributed by atoms with Gasteiger partial charge in [-0.3, -0.25) is 19.8 Å². The molecule has 10 nitrogen and oxygen atoms in total. The summed E-state index contributed by atoms with van der Waals surface area (Å²) >= 11 is 0. The van der Waals surface area contributed by atoms with Crippen molar-refractivity contribution < 1.29 is 9.84 Å². The predicted octanol–water partition coefficient (Wildman–Crippen LogP) is 0.302. The number of anilines is 1. The number of aromatic nitrogens is 4. The third-order valence-corrected chi connectivity index (χ3v) is 4.69. The van der Waals surface area contributed by atoms with E-state index in [1.54, 1.807) is 0 Å². The van der Waals surface area contributed by atoms with E-state index in [1.807, 2.05) is 42.5 Å². The molecule has 0 aliphatic rings. The molecule has 2 aromatic carbocycles. The number of fused-ring (bicyclic) bond motifs is 2. The molecule has 5 N–H and O–H groups in total. The van der Waals surface area contributed by atoms with Crippen molar-refractivity contribution in [3.05, 3.63) is 63.3 Å². The minimum Gasteiger partial charge on any atom is -0.491 e. The quantitative estimate of drug-likeness (QED) is 0.271. The van der Waals surface area contributed by atoms with Gasteiger partial charge in [0.15, 0.2) is 11.2 Å². The monoisotopic (exact) mass is 396 g/mol. The zero-order valence-electron chi connectivity index (χ0n) is 15.6. The highest BCUT2D eigenvalue weighted by molar-refractivity contribution is 5.83. The number of ether oxygens (including phenoxy) is 1. The maximum Gasteiger partial charge on any atom is 0.329 e. The topological polar surface area (TPSA) is 140 Å². The average molecular weight is 396 g/mol. The third-order valence-electron chi connectivity index (χ3n) is 4.69. The number of rotatable bonds is 6. The summed E-state index contributed by atoms with van der Waals surface area (Å²) in [7, 11) is 1.48. The summed E-state index contributed by atoms with van der Waals surface area (Å²) in [6, 6.07) is 13.5. The molecule has 150 valence electrons. The normalized spacial score (nSPS) is 12.4. The number of nitrogens with zero attached hydrogens (tertiary/aromatic N) is 3. The Morgan fingerprint density at radius 1 is 1.24 bits per heavy atom. The van der Waals surface area contributed by atoms with E-state index in [1.165, 1.54) is 16.2 Å². The average Bonchev–Trinajstić information content (AvgIpc) is 3.09. The zero-order chi connectivity index (χ0) is 20.5. The number of aromatic amines is 1. The van der Waals surface area contributed by atoms with Crippen molar-refractivity contribution >= 4 is 27.9 Å². The van der Waals surface area contributed by atoms with Gasteiger partial charge in [-0.2, -0.15) is 4.98 Å². The fourth-order valence-corrected chi connectivity index (χ4v) is 3.24. The number of hydrazine groups is 1. The Balaban J connectivity index is 1.57. The van der Waals surface area contributed by atoms with Crippen LogP contribution in [0.1, 0.15) is 0 Å². The van der Waals surface area contributed by atoms with Crippen LogP contribution in [0.15, 0.2) is 52.1 Å². The lowest BCUT2D eigenvalue weighted by molar-refractivity contribution is 0.0939. The number of nitrogen functional groups attached to an aromatic ring is 1. The SMILES string of the molecule is Cn1c(=O)[nH]c(=O)c2c1nc(NN)n2CC(O)COc1ccc2ccccc2c1. The van der Waals surface area contributed by atoms with Gasteiger partial charge in [-0.15, -0.1) is 0 Å². The van der Waals surface area contributed by atoms with Crippen molar-refractivity contribution in [3.63, 3.8) is 0 Å². The number of imidazole rings is 1. The molecule has 10 heteroatoms. The summed E-state index contributed by atoms with van der Waals surface area (Å²) in [4.78, 5) is 30.4. The number of nitrogens with one attached hydrogen (secondary N) is 2. The van der Waals surface area contributed by atoms with Crippen LogP contribution in [-0.4, -0.2) is 36.9 Å². The second kappa shape index (κ2) is 7.41. The van der Waals surface area contributed by atoms with Gasteiger partial charge in [0.25, 0.3) is 5.56 Å². The molecule has 29 heavy (non-hydrogen) atoms. The molecular formula is C19H20N6O4. The highest BCUT2D eigenvalue weighted by Crippen LogP contribution is 2.21. The minimum atomic E-state index is -0.956. The van der Waals surface area contributed by atoms with Gasteiger partial charge in [0, 0.05) is 7.05 Å². The van der Waals surface area contributed by atoms with Crippen molar-refractivity contribution in [2.24, 2.45) is 12.9 Å². The molecule has 2 aromatic heterocycles. The first kappa shape index (κ1) is 18.7. The molecule has 0 saturated carbocycles. The summed E-state index contributed by atoms with van der Waals surface area (Å²) < 4.78 is 8.33. The molecule has 0 aliphatic carbocycles. The molecule has 0 radical (unpaired) electrons. The van der Waals surface area contributed by atoms with Gasteiger partial charge in [-0.05, 0) is 22.9 Å². The fraction of sp³-hybridized carbons (Fsp3) is 0.211. The number of aryl methyl sites for hydroxylation is 1. The maximum atomic E-state index is 12.3. The molecule has 2 heterocycles. The number of aliphatic hydroxyl groups excluding tert-OH is 1. The molecule has 1 atom stereocenters. The second-order valence-electron chi connectivity index (χ2n) is 6.65. The second-order valence-corrected chi connectivity index (χ2v) is 6.65. The molecule has 0 aliphatic heterocycles. The van der Waals surface area contributed by atoms with Crippen LogP contribution < -0.4 is 27.3 Å². The lowest BCUT2D eigenvalue weighted by Crippen LogP contribution is -2.31. The first-order chi connectivity index (χ1) is 14.0. The van der Waals surface area contributed by atoms with Crippen LogP contribution in [0.4, 0.5) is 5.95 Å². The molecule has 0 saturated heterocycles. The Kier molecular flexibility index (Phi) is 4.79. The Bertz CT molecular complexity index is 1310. The minimum absolute atomic E-state index is 0.00824. The van der Waals surface area contributed by atoms with Crippen molar-refractivity contribution in [1.82, 2.24) is 19.1 Å². The van der Waals surface area contributed by atoms with Gasteiger partial charge in [-0.1, -0.05) is 30.3 Å². The molecule has 4 rings (SSSR count). The first-order valence-electron chi connectivity index (χ1n) is 8.93. The van der Waals surface area contributed by atoms with Crippen LogP contribution in [0.3, 0.4) is 0 Å². The van der Waals surface area contributed by atoms with Gasteiger partial charge in [0.05, 0.1) is 6.54 Å². The van der Waals surface area contributed by atoms with Crippen molar-refractivity contribution in [2.75, 3.05) is 12.0 Å². The number of benzene rings is 2. The van der Waals surface area contributed by atoms with Gasteiger partial charge in [-0.25, -0.2) is 10.6 Å². The summed E-state index contributed by atoms with van der Waals surface area (Å²) in [5.74, 6) is 6.27. The zero-order valence-corrected chi connectivity index (χ0v) is 15.6. The smallest absolute Gasteiger partial charge is 0.329 e. The number of H-pyrrole nitrogens is 1. The van der Waals surface area contributed by atoms with Crippen LogP contribution in [0, 0.1) is 0 Å². The Morgan fingerprint density at radius 2 is 2.00 bits per heavy atom. The third kappa shape index (κ3) is 3.46. The van der Waals surface area contributed by atoms with Crippen molar-refractivity contribution in [2.45, 2.75) is 12.6 Å². The number of hydrogen-bond acceptors (Lipinski definition) is 7. The van der Waals surface area contributed by atoms with Crippen LogP contribution in [-0.2, 0) is 13.6 Å². The van der Waals surface area contributed by atoms with Crippen molar-refractivity contribution in [1.29, 1.82) is 0 Å². The van der Waals surface area contributed by atoms with Crippen molar-refractivity contribution in [3.8, 4) is 5.75 Å². The van der Waals surface area contributed by atoms with E-state index in [2.05, 4.69) is 15.4 Å². The number of hydrogen-bond donors (Lipinski definition) is 4. The largest absolute Gasteiger partial charge is 0.491 e. The molecule has 0 bridgehead atoms. The molecular weight excluding hydrogens is 376 g/mol. The fourth-order valence-electron chi connectivity index (χ4n) is 3.24. The van der Waals surface area contributed by atoms with Crippen LogP contribution in [0.2, 0.25) is 0 Å². The lowest BCUT2D eigenvalue weighted by Gasteiger charge is -2.15. The Hall–Kier alpha value is -3.63. The lowest BCUT2D eigenvalue weighted by atomic mass is 10.1. The molecule has 0 fully saturated rings. The summed E-state index contributed by atoms with van der Waals surface area (Å²) in [5, 5.41) is 12.6. The van der Waals surface area contributed by atoms with Crippen LogP contribution in [0.5, 0.6) is 5.75 Å². The summed E-state index contributed by atoms with van der Waals surface area (Å²) in [5.41, 5.74) is 1.48. The van der Waals surface area contributed by atoms with E-state index >= 15 is 0 Å². The van der Waals surface area contributed by atoms with Crippen LogP contribution >= 0.6 is 0 Å². The first-order valence-corrected chi connectivity index (χ1v) is 8.93. The van der Waals surface area contributed by atoms with Gasteiger partial charge < -0.3 is 14.4 Å². The molecule has 0 spiro atoms. The van der Waals surface area contributed by atoms with E-state index in [-0.39, 0.29) is 30.3 Å². The Morgan fingerprint density at radius 3 is 2.76 bits per heavy atom. The van der Waals surface area contributed by atoms with Gasteiger partial charge in [0.1, 0.15) is 18.5 Å². The number of nitrogens with two attached hydrogens (primary N) is 1. The molecule has 4 aromatic rings. The highest BCUT2D eigenvalue weighted by atomic mass is 16.5. The maximum absolute atomic E-state index is 12.3. The van der Waals surface area contributed by atoms with E-state index in [0.717, 1.165) is 10.8 Å². The predicted molar refractivity (Wildman–Crippen MR) is 109 cm³/mol. The van der Waals surface area contributed by atoms with Crippen LogP contribution in [0.25, 0.3) is 21.9 Å². The van der Waals surface area contributed by atoms with Gasteiger partial charge in [0.2, 0.25) is 5.95 Å². The van der Waals surface area contributed by atoms with E-state index < -0.39 is 17.4 Å². The van der Waals surface area contributed by atoms with E-state index in [0.29, 0.717) is 5.75 Å².